The number of alkyl halides is 2. The van der Waals surface area contributed by atoms with Crippen molar-refractivity contribution in [2.24, 2.45) is 10.4 Å². The number of methoxy groups -OCH3 is 2. The van der Waals surface area contributed by atoms with Gasteiger partial charge in [0.05, 0.1) is 14.2 Å². The van der Waals surface area contributed by atoms with E-state index in [1.165, 1.54) is 32.4 Å². The zero-order valence-electron chi connectivity index (χ0n) is 14.6. The Morgan fingerprint density at radius 2 is 1.72 bits per heavy atom. The Balaban J connectivity index is 2.47. The van der Waals surface area contributed by atoms with Gasteiger partial charge in [0.2, 0.25) is 11.6 Å². The molecule has 8 heteroatoms. The minimum absolute atomic E-state index is 0.0397. The first-order chi connectivity index (χ1) is 11.7. The molecule has 136 valence electrons. The largest absolute Gasteiger partial charge is 0.493 e. The summed E-state index contributed by atoms with van der Waals surface area (Å²) in [7, 11) is 2.62. The molecule has 2 rings (SSSR count). The zero-order chi connectivity index (χ0) is 18.8. The van der Waals surface area contributed by atoms with E-state index in [0.29, 0.717) is 11.5 Å². The molecule has 0 atom stereocenters. The van der Waals surface area contributed by atoms with Crippen molar-refractivity contribution in [3.05, 3.63) is 23.4 Å². The monoisotopic (exact) mass is 355 g/mol. The van der Waals surface area contributed by atoms with Crippen molar-refractivity contribution < 1.29 is 32.5 Å². The molecular formula is C17H19F2NO5. The SMILES string of the molecule is COc1cc(/C=C2/N=C(C(C)(C)C)OC2=O)cc(OC)c1OC(F)F. The molecule has 0 saturated carbocycles. The van der Waals surface area contributed by atoms with Crippen LogP contribution in [0.1, 0.15) is 26.3 Å². The van der Waals surface area contributed by atoms with Crippen LogP contribution in [0.15, 0.2) is 22.8 Å². The normalized spacial score (nSPS) is 16.1. The molecule has 1 aromatic carbocycles. The fraction of sp³-hybridized carbons (Fsp3) is 0.412. The third kappa shape index (κ3) is 4.26. The predicted molar refractivity (Wildman–Crippen MR) is 87.1 cm³/mol. The molecule has 0 spiro atoms. The van der Waals surface area contributed by atoms with Crippen molar-refractivity contribution in [3.63, 3.8) is 0 Å². The van der Waals surface area contributed by atoms with E-state index < -0.39 is 18.0 Å². The van der Waals surface area contributed by atoms with Gasteiger partial charge in [-0.1, -0.05) is 20.8 Å². The number of carbonyl (C=O) groups excluding carboxylic acids is 1. The molecule has 0 saturated heterocycles. The number of halogens is 2. The van der Waals surface area contributed by atoms with E-state index in [0.717, 1.165) is 0 Å². The molecule has 0 aromatic heterocycles. The third-order valence-corrected chi connectivity index (χ3v) is 3.26. The number of hydrogen-bond acceptors (Lipinski definition) is 6. The molecule has 0 aliphatic carbocycles. The summed E-state index contributed by atoms with van der Waals surface area (Å²) in [5.74, 6) is -0.429. The van der Waals surface area contributed by atoms with Crippen LogP contribution in [0.25, 0.3) is 6.08 Å². The van der Waals surface area contributed by atoms with E-state index >= 15 is 0 Å². The lowest BCUT2D eigenvalue weighted by atomic mass is 9.97. The third-order valence-electron chi connectivity index (χ3n) is 3.26. The highest BCUT2D eigenvalue weighted by atomic mass is 19.3. The quantitative estimate of drug-likeness (QED) is 0.596. The van der Waals surface area contributed by atoms with Crippen LogP contribution in [-0.2, 0) is 9.53 Å². The van der Waals surface area contributed by atoms with Gasteiger partial charge in [0.15, 0.2) is 17.2 Å². The summed E-state index contributed by atoms with van der Waals surface area (Å²) >= 11 is 0. The predicted octanol–water partition coefficient (Wildman–Crippen LogP) is 3.65. The molecule has 1 aliphatic heterocycles. The van der Waals surface area contributed by atoms with Crippen LogP contribution in [0.4, 0.5) is 8.78 Å². The Kier molecular flexibility index (Phi) is 5.30. The summed E-state index contributed by atoms with van der Waals surface area (Å²) < 4.78 is 44.9. The van der Waals surface area contributed by atoms with Gasteiger partial charge in [-0.15, -0.1) is 0 Å². The highest BCUT2D eigenvalue weighted by Gasteiger charge is 2.31. The lowest BCUT2D eigenvalue weighted by molar-refractivity contribution is -0.130. The first-order valence-electron chi connectivity index (χ1n) is 7.39. The van der Waals surface area contributed by atoms with Crippen molar-refractivity contribution >= 4 is 17.9 Å². The summed E-state index contributed by atoms with van der Waals surface area (Å²) in [6, 6.07) is 2.87. The van der Waals surface area contributed by atoms with Crippen LogP contribution in [0.5, 0.6) is 17.2 Å². The second kappa shape index (κ2) is 7.08. The summed E-state index contributed by atoms with van der Waals surface area (Å²) in [5, 5.41) is 0. The first-order valence-corrected chi connectivity index (χ1v) is 7.39. The number of rotatable bonds is 5. The number of esters is 1. The topological polar surface area (TPSA) is 66.4 Å². The summed E-state index contributed by atoms with van der Waals surface area (Å²) in [6.45, 7) is 2.57. The fourth-order valence-corrected chi connectivity index (χ4v) is 2.08. The average molecular weight is 355 g/mol. The van der Waals surface area contributed by atoms with Gasteiger partial charge in [0, 0.05) is 5.41 Å². The maximum Gasteiger partial charge on any atom is 0.387 e. The molecule has 0 fully saturated rings. The Morgan fingerprint density at radius 3 is 2.12 bits per heavy atom. The highest BCUT2D eigenvalue weighted by molar-refractivity contribution is 6.08. The number of cyclic esters (lactones) is 1. The van der Waals surface area contributed by atoms with Gasteiger partial charge in [0.25, 0.3) is 0 Å². The fourth-order valence-electron chi connectivity index (χ4n) is 2.08. The maximum absolute atomic E-state index is 12.6. The first kappa shape index (κ1) is 18.7. The molecule has 0 bridgehead atoms. The molecule has 25 heavy (non-hydrogen) atoms. The Bertz CT molecular complexity index is 710. The van der Waals surface area contributed by atoms with E-state index in [1.54, 1.807) is 0 Å². The summed E-state index contributed by atoms with van der Waals surface area (Å²) in [5.41, 5.74) is 0.132. The van der Waals surface area contributed by atoms with Crippen LogP contribution in [0, 0.1) is 5.41 Å². The summed E-state index contributed by atoms with van der Waals surface area (Å²) in [4.78, 5) is 16.2. The van der Waals surface area contributed by atoms with Crippen molar-refractivity contribution in [3.8, 4) is 17.2 Å². The number of ether oxygens (including phenoxy) is 4. The maximum atomic E-state index is 12.6. The van der Waals surface area contributed by atoms with Gasteiger partial charge in [-0.05, 0) is 23.8 Å². The minimum atomic E-state index is -3.03. The van der Waals surface area contributed by atoms with Gasteiger partial charge in [-0.25, -0.2) is 9.79 Å². The van der Waals surface area contributed by atoms with Crippen LogP contribution in [-0.4, -0.2) is 32.7 Å². The van der Waals surface area contributed by atoms with E-state index in [9.17, 15) is 13.6 Å². The highest BCUT2D eigenvalue weighted by Crippen LogP contribution is 2.40. The van der Waals surface area contributed by atoms with E-state index in [-0.39, 0.29) is 22.9 Å². The number of aliphatic imine (C=N–C) groups is 1. The molecule has 0 radical (unpaired) electrons. The molecule has 1 aliphatic rings. The number of nitrogens with zero attached hydrogens (tertiary/aromatic N) is 1. The van der Waals surface area contributed by atoms with Crippen LogP contribution < -0.4 is 14.2 Å². The molecule has 0 N–H and O–H groups in total. The number of carbonyl (C=O) groups is 1. The number of benzene rings is 1. The second-order valence-corrected chi connectivity index (χ2v) is 6.22. The summed E-state index contributed by atoms with van der Waals surface area (Å²) in [6.07, 6.45) is 1.46. The van der Waals surface area contributed by atoms with E-state index in [2.05, 4.69) is 9.73 Å². The van der Waals surface area contributed by atoms with E-state index in [4.69, 9.17) is 14.2 Å². The van der Waals surface area contributed by atoms with Crippen molar-refractivity contribution in [1.82, 2.24) is 0 Å². The molecule has 0 unspecified atom stereocenters. The van der Waals surface area contributed by atoms with Crippen molar-refractivity contribution in [1.29, 1.82) is 0 Å². The average Bonchev–Trinajstić information content (AvgIpc) is 2.89. The molecule has 6 nitrogen and oxygen atoms in total. The van der Waals surface area contributed by atoms with Crippen molar-refractivity contribution in [2.75, 3.05) is 14.2 Å². The van der Waals surface area contributed by atoms with Gasteiger partial charge >= 0.3 is 12.6 Å². The lowest BCUT2D eigenvalue weighted by Crippen LogP contribution is -2.21. The zero-order valence-corrected chi connectivity index (χ0v) is 14.6. The lowest BCUT2D eigenvalue weighted by Gasteiger charge is -2.15. The molecule has 0 amide bonds. The smallest absolute Gasteiger partial charge is 0.387 e. The van der Waals surface area contributed by atoms with Crippen molar-refractivity contribution in [2.45, 2.75) is 27.4 Å². The number of hydrogen-bond donors (Lipinski definition) is 0. The van der Waals surface area contributed by atoms with Gasteiger partial charge in [-0.2, -0.15) is 8.78 Å². The van der Waals surface area contributed by atoms with E-state index in [1.807, 2.05) is 20.8 Å². The van der Waals surface area contributed by atoms with Crippen LogP contribution in [0.3, 0.4) is 0 Å². The van der Waals surface area contributed by atoms with Crippen LogP contribution >= 0.6 is 0 Å². The second-order valence-electron chi connectivity index (χ2n) is 6.22. The Labute approximate surface area is 144 Å². The minimum Gasteiger partial charge on any atom is -0.493 e. The van der Waals surface area contributed by atoms with Crippen LogP contribution in [0.2, 0.25) is 0 Å². The van der Waals surface area contributed by atoms with Gasteiger partial charge in [0.1, 0.15) is 0 Å². The van der Waals surface area contributed by atoms with Gasteiger partial charge < -0.3 is 18.9 Å². The molecule has 1 heterocycles. The standard InChI is InChI=1S/C17H19F2NO5/c1-17(2,3)15-20-10(14(21)25-15)6-9-7-11(22-4)13(24-16(18)19)12(8-9)23-5/h6-8,16H,1-5H3/b10-6+. The Morgan fingerprint density at radius 1 is 1.16 bits per heavy atom. The Hall–Kier alpha value is -2.64. The van der Waals surface area contributed by atoms with Gasteiger partial charge in [-0.3, -0.25) is 0 Å². The molecule has 1 aromatic rings. The molecular weight excluding hydrogens is 336 g/mol.